The van der Waals surface area contributed by atoms with Gasteiger partial charge in [0.1, 0.15) is 5.76 Å². The predicted molar refractivity (Wildman–Crippen MR) is 92.4 cm³/mol. The van der Waals surface area contributed by atoms with E-state index in [0.29, 0.717) is 18.0 Å². The summed E-state index contributed by atoms with van der Waals surface area (Å²) in [6.07, 6.45) is 5.30. The van der Waals surface area contributed by atoms with Gasteiger partial charge < -0.3 is 9.73 Å². The van der Waals surface area contributed by atoms with Gasteiger partial charge >= 0.3 is 0 Å². The first-order valence-electron chi connectivity index (χ1n) is 9.41. The van der Waals surface area contributed by atoms with E-state index in [1.165, 1.54) is 12.8 Å². The minimum absolute atomic E-state index is 0.0597. The molecular weight excluding hydrogens is 302 g/mol. The maximum absolute atomic E-state index is 12.7. The summed E-state index contributed by atoms with van der Waals surface area (Å²) in [7, 11) is 0. The van der Waals surface area contributed by atoms with Crippen LogP contribution >= 0.6 is 0 Å². The van der Waals surface area contributed by atoms with Gasteiger partial charge in [-0.3, -0.25) is 14.6 Å². The summed E-state index contributed by atoms with van der Waals surface area (Å²) in [5.41, 5.74) is 0. The molecule has 3 heterocycles. The third-order valence-corrected chi connectivity index (χ3v) is 5.87. The van der Waals surface area contributed by atoms with Crippen molar-refractivity contribution in [2.45, 2.75) is 57.8 Å². The number of rotatable bonds is 6. The highest BCUT2D eigenvalue weighted by Crippen LogP contribution is 2.38. The van der Waals surface area contributed by atoms with Crippen LogP contribution in [0.4, 0.5) is 0 Å². The molecule has 1 amide bonds. The Morgan fingerprint density at radius 3 is 2.88 bits per heavy atom. The summed E-state index contributed by atoms with van der Waals surface area (Å²) < 4.78 is 5.49. The van der Waals surface area contributed by atoms with E-state index in [1.54, 1.807) is 6.26 Å². The predicted octanol–water partition coefficient (Wildman–Crippen LogP) is 2.09. The summed E-state index contributed by atoms with van der Waals surface area (Å²) in [6.45, 7) is 8.31. The molecule has 1 aromatic heterocycles. The zero-order chi connectivity index (χ0) is 16.7. The molecule has 0 aromatic carbocycles. The van der Waals surface area contributed by atoms with Crippen LogP contribution < -0.4 is 5.32 Å². The van der Waals surface area contributed by atoms with Crippen molar-refractivity contribution < 1.29 is 9.21 Å². The van der Waals surface area contributed by atoms with Gasteiger partial charge in [0.2, 0.25) is 5.91 Å². The maximum Gasteiger partial charge on any atom is 0.237 e. The number of likely N-dealkylation sites (tertiary alicyclic amines) is 2. The van der Waals surface area contributed by atoms with Crippen LogP contribution in [0.5, 0.6) is 0 Å². The van der Waals surface area contributed by atoms with Crippen molar-refractivity contribution in [3.63, 3.8) is 0 Å². The summed E-state index contributed by atoms with van der Waals surface area (Å²) in [5, 5.41) is 3.20. The lowest BCUT2D eigenvalue weighted by molar-refractivity contribution is -0.126. The number of furan rings is 1. The molecule has 3 fully saturated rings. The lowest BCUT2D eigenvalue weighted by Gasteiger charge is -2.33. The number of carbonyl (C=O) groups excluding carboxylic acids is 1. The third kappa shape index (κ3) is 3.24. The molecule has 5 nitrogen and oxygen atoms in total. The van der Waals surface area contributed by atoms with E-state index >= 15 is 0 Å². The number of carbonyl (C=O) groups is 1. The van der Waals surface area contributed by atoms with Crippen LogP contribution in [0.3, 0.4) is 0 Å². The van der Waals surface area contributed by atoms with Crippen molar-refractivity contribution >= 4 is 5.91 Å². The summed E-state index contributed by atoms with van der Waals surface area (Å²) in [6, 6.07) is 4.95. The quantitative estimate of drug-likeness (QED) is 0.867. The first kappa shape index (κ1) is 16.2. The summed E-state index contributed by atoms with van der Waals surface area (Å²) >= 11 is 0. The van der Waals surface area contributed by atoms with Gasteiger partial charge in [0.25, 0.3) is 0 Å². The molecule has 5 heteroatoms. The Hall–Kier alpha value is -1.33. The van der Waals surface area contributed by atoms with E-state index in [-0.39, 0.29) is 11.9 Å². The molecule has 2 aliphatic heterocycles. The van der Waals surface area contributed by atoms with Gasteiger partial charge in [-0.25, -0.2) is 0 Å². The van der Waals surface area contributed by atoms with Gasteiger partial charge in [0, 0.05) is 31.7 Å². The molecule has 1 aliphatic carbocycles. The Balaban J connectivity index is 1.39. The molecule has 3 atom stereocenters. The first-order valence-corrected chi connectivity index (χ1v) is 9.41. The van der Waals surface area contributed by atoms with E-state index < -0.39 is 0 Å². The summed E-state index contributed by atoms with van der Waals surface area (Å²) in [5.74, 6) is 2.62. The number of nitrogens with zero attached hydrogens (tertiary/aromatic N) is 2. The van der Waals surface area contributed by atoms with Crippen molar-refractivity contribution in [2.24, 2.45) is 11.8 Å². The first-order chi connectivity index (χ1) is 11.6. The second kappa shape index (κ2) is 6.52. The maximum atomic E-state index is 12.7. The lowest BCUT2D eigenvalue weighted by Crippen LogP contribution is -2.50. The van der Waals surface area contributed by atoms with Gasteiger partial charge in [0.15, 0.2) is 0 Å². The molecule has 1 N–H and O–H groups in total. The lowest BCUT2D eigenvalue weighted by atomic mass is 10.0. The highest BCUT2D eigenvalue weighted by Gasteiger charge is 2.49. The number of hydrogen-bond donors (Lipinski definition) is 1. The Kier molecular flexibility index (Phi) is 4.39. The second-order valence-corrected chi connectivity index (χ2v) is 8.08. The number of fused-ring (bicyclic) bond motifs is 1. The highest BCUT2D eigenvalue weighted by atomic mass is 16.3. The van der Waals surface area contributed by atoms with E-state index in [2.05, 4.69) is 29.0 Å². The normalized spacial score (nSPS) is 30.9. The Bertz CT molecular complexity index is 567. The van der Waals surface area contributed by atoms with Crippen molar-refractivity contribution in [3.05, 3.63) is 24.2 Å². The molecule has 0 bridgehead atoms. The molecule has 1 aromatic rings. The third-order valence-electron chi connectivity index (χ3n) is 5.87. The second-order valence-electron chi connectivity index (χ2n) is 8.08. The van der Waals surface area contributed by atoms with E-state index in [4.69, 9.17) is 4.42 Å². The fraction of sp³-hybridized carbons (Fsp3) is 0.737. The van der Waals surface area contributed by atoms with Gasteiger partial charge in [-0.1, -0.05) is 0 Å². The van der Waals surface area contributed by atoms with Gasteiger partial charge in [-0.2, -0.15) is 0 Å². The van der Waals surface area contributed by atoms with Crippen LogP contribution in [-0.2, 0) is 11.3 Å². The number of hydrogen-bond acceptors (Lipinski definition) is 4. The Morgan fingerprint density at radius 2 is 2.21 bits per heavy atom. The van der Waals surface area contributed by atoms with E-state index in [1.807, 2.05) is 12.1 Å². The topological polar surface area (TPSA) is 48.7 Å². The Labute approximate surface area is 144 Å². The molecule has 2 unspecified atom stereocenters. The smallest absolute Gasteiger partial charge is 0.237 e. The molecule has 0 radical (unpaired) electrons. The molecule has 3 aliphatic rings. The van der Waals surface area contributed by atoms with E-state index in [9.17, 15) is 4.79 Å². The molecule has 132 valence electrons. The molecule has 24 heavy (non-hydrogen) atoms. The van der Waals surface area contributed by atoms with Crippen LogP contribution in [0, 0.1) is 11.8 Å². The van der Waals surface area contributed by atoms with Crippen molar-refractivity contribution in [2.75, 3.05) is 19.6 Å². The van der Waals surface area contributed by atoms with Gasteiger partial charge in [-0.05, 0) is 57.1 Å². The molecule has 2 saturated heterocycles. The van der Waals surface area contributed by atoms with Crippen molar-refractivity contribution in [3.8, 4) is 0 Å². The molecule has 1 saturated carbocycles. The van der Waals surface area contributed by atoms with Crippen molar-refractivity contribution in [1.29, 1.82) is 0 Å². The fourth-order valence-corrected chi connectivity index (χ4v) is 4.57. The van der Waals surface area contributed by atoms with Gasteiger partial charge in [-0.15, -0.1) is 0 Å². The molecule has 4 rings (SSSR count). The average molecular weight is 331 g/mol. The highest BCUT2D eigenvalue weighted by molar-refractivity contribution is 5.82. The monoisotopic (exact) mass is 331 g/mol. The van der Waals surface area contributed by atoms with Gasteiger partial charge in [0.05, 0.1) is 18.8 Å². The summed E-state index contributed by atoms with van der Waals surface area (Å²) in [4.78, 5) is 17.6. The largest absolute Gasteiger partial charge is 0.468 e. The van der Waals surface area contributed by atoms with Crippen LogP contribution in [0.2, 0.25) is 0 Å². The van der Waals surface area contributed by atoms with Crippen molar-refractivity contribution in [1.82, 2.24) is 15.1 Å². The fourth-order valence-electron chi connectivity index (χ4n) is 4.57. The van der Waals surface area contributed by atoms with Crippen LogP contribution in [-0.4, -0.2) is 53.5 Å². The van der Waals surface area contributed by atoms with Crippen LogP contribution in [0.15, 0.2) is 22.8 Å². The number of nitrogens with one attached hydrogen (secondary N) is 1. The zero-order valence-electron chi connectivity index (χ0n) is 14.8. The van der Waals surface area contributed by atoms with Crippen LogP contribution in [0.1, 0.15) is 38.9 Å². The average Bonchev–Trinajstić information content (AvgIpc) is 2.93. The van der Waals surface area contributed by atoms with E-state index in [0.717, 1.165) is 44.3 Å². The number of amides is 1. The minimum Gasteiger partial charge on any atom is -0.468 e. The SMILES string of the molecule is CC(C)N1C2CN(Cc3ccco3)CC2C[C@@H]1C(=O)NCC1CC1. The Morgan fingerprint density at radius 1 is 1.38 bits per heavy atom. The zero-order valence-corrected chi connectivity index (χ0v) is 14.8. The molecule has 0 spiro atoms. The standard InChI is InChI=1S/C19H29N3O2/c1-13(2)22-17(19(23)20-9-14-5-6-14)8-15-10-21(12-18(15)22)11-16-4-3-7-24-16/h3-4,7,13-15,17-18H,5-6,8-12H2,1-2H3,(H,20,23)/t15?,17-,18?/m1/s1. The molecular formula is C19H29N3O2. The van der Waals surface area contributed by atoms with Crippen LogP contribution in [0.25, 0.3) is 0 Å². The minimum atomic E-state index is 0.0597.